The third-order valence-electron chi connectivity index (χ3n) is 4.06. The largest absolute Gasteiger partial charge is 0.398 e. The van der Waals surface area contributed by atoms with Crippen LogP contribution in [0.2, 0.25) is 5.02 Å². The van der Waals surface area contributed by atoms with Crippen LogP contribution in [0.4, 0.5) is 5.69 Å². The van der Waals surface area contributed by atoms with Crippen molar-refractivity contribution in [3.8, 4) is 0 Å². The van der Waals surface area contributed by atoms with Crippen molar-refractivity contribution in [2.75, 3.05) is 12.3 Å². The molecule has 1 saturated heterocycles. The normalized spacial score (nSPS) is 19.4. The first-order valence-electron chi connectivity index (χ1n) is 7.07. The fourth-order valence-corrected chi connectivity index (χ4v) is 3.25. The minimum absolute atomic E-state index is 0.479. The third kappa shape index (κ3) is 2.67. The smallest absolute Gasteiger partial charge is 0.0471 e. The molecule has 1 fully saturated rings. The lowest BCUT2D eigenvalue weighted by Crippen LogP contribution is -2.23. The fraction of sp³-hybridized carbons (Fsp3) is 0.294. The van der Waals surface area contributed by atoms with E-state index in [-0.39, 0.29) is 0 Å². The molecule has 1 aliphatic heterocycles. The van der Waals surface area contributed by atoms with E-state index in [2.05, 4.69) is 35.2 Å². The zero-order chi connectivity index (χ0) is 13.9. The van der Waals surface area contributed by atoms with Crippen molar-refractivity contribution in [2.24, 2.45) is 0 Å². The van der Waals surface area contributed by atoms with E-state index in [0.717, 1.165) is 29.4 Å². The van der Waals surface area contributed by atoms with Crippen molar-refractivity contribution in [3.05, 3.63) is 64.7 Å². The Morgan fingerprint density at radius 2 is 1.90 bits per heavy atom. The second-order valence-corrected chi connectivity index (χ2v) is 5.75. The Morgan fingerprint density at radius 1 is 1.10 bits per heavy atom. The summed E-state index contributed by atoms with van der Waals surface area (Å²) in [7, 11) is 0. The summed E-state index contributed by atoms with van der Waals surface area (Å²) in [5, 5.41) is 0.767. The molecule has 0 amide bonds. The molecule has 2 N–H and O–H groups in total. The van der Waals surface area contributed by atoms with Gasteiger partial charge in [-0.2, -0.15) is 0 Å². The highest BCUT2D eigenvalue weighted by Crippen LogP contribution is 2.35. The molecule has 104 valence electrons. The van der Waals surface area contributed by atoms with Gasteiger partial charge in [-0.1, -0.05) is 48.0 Å². The van der Waals surface area contributed by atoms with Gasteiger partial charge >= 0.3 is 0 Å². The van der Waals surface area contributed by atoms with Crippen LogP contribution < -0.4 is 5.73 Å². The van der Waals surface area contributed by atoms with E-state index in [0.29, 0.717) is 6.04 Å². The van der Waals surface area contributed by atoms with Gasteiger partial charge in [0.15, 0.2) is 0 Å². The average molecular weight is 287 g/mol. The zero-order valence-corrected chi connectivity index (χ0v) is 12.2. The van der Waals surface area contributed by atoms with E-state index in [1.165, 1.54) is 18.4 Å². The summed E-state index contributed by atoms with van der Waals surface area (Å²) in [6.45, 7) is 1.93. The van der Waals surface area contributed by atoms with Gasteiger partial charge < -0.3 is 5.73 Å². The lowest BCUT2D eigenvalue weighted by Gasteiger charge is -2.26. The van der Waals surface area contributed by atoms with Crippen LogP contribution in [-0.2, 0) is 6.54 Å². The Labute approximate surface area is 125 Å². The molecule has 1 atom stereocenters. The monoisotopic (exact) mass is 286 g/mol. The molecule has 2 nitrogen and oxygen atoms in total. The molecule has 1 aliphatic rings. The highest BCUT2D eigenvalue weighted by atomic mass is 35.5. The molecule has 0 aliphatic carbocycles. The maximum absolute atomic E-state index is 6.30. The first-order chi connectivity index (χ1) is 9.75. The van der Waals surface area contributed by atoms with Gasteiger partial charge in [0.2, 0.25) is 0 Å². The van der Waals surface area contributed by atoms with Gasteiger partial charge in [-0.25, -0.2) is 0 Å². The number of hydrogen-bond donors (Lipinski definition) is 1. The Morgan fingerprint density at radius 3 is 2.65 bits per heavy atom. The van der Waals surface area contributed by atoms with E-state index in [1.807, 2.05) is 18.2 Å². The zero-order valence-electron chi connectivity index (χ0n) is 11.4. The number of nitrogens with zero attached hydrogens (tertiary/aromatic N) is 1. The third-order valence-corrected chi connectivity index (χ3v) is 4.42. The van der Waals surface area contributed by atoms with Crippen molar-refractivity contribution in [2.45, 2.75) is 25.4 Å². The molecule has 0 radical (unpaired) electrons. The van der Waals surface area contributed by atoms with Crippen LogP contribution in [0, 0.1) is 0 Å². The van der Waals surface area contributed by atoms with Crippen LogP contribution in [0.1, 0.15) is 30.0 Å². The molecule has 1 unspecified atom stereocenters. The summed E-state index contributed by atoms with van der Waals surface area (Å²) < 4.78 is 0. The number of nitrogen functional groups attached to an aromatic ring is 1. The maximum Gasteiger partial charge on any atom is 0.0471 e. The first-order valence-corrected chi connectivity index (χ1v) is 7.45. The number of rotatable bonds is 3. The molecule has 0 bridgehead atoms. The summed E-state index contributed by atoms with van der Waals surface area (Å²) >= 11 is 6.30. The molecule has 0 aromatic heterocycles. The fourth-order valence-electron chi connectivity index (χ4n) is 3.01. The SMILES string of the molecule is Nc1cccc(Cl)c1CN1CCCC1c1ccccc1. The number of benzene rings is 2. The lowest BCUT2D eigenvalue weighted by atomic mass is 10.0. The highest BCUT2D eigenvalue weighted by molar-refractivity contribution is 6.31. The molecule has 3 heteroatoms. The summed E-state index contributed by atoms with van der Waals surface area (Å²) in [4.78, 5) is 2.48. The number of halogens is 1. The van der Waals surface area contributed by atoms with E-state index in [4.69, 9.17) is 17.3 Å². The quantitative estimate of drug-likeness (QED) is 0.854. The van der Waals surface area contributed by atoms with Crippen molar-refractivity contribution >= 4 is 17.3 Å². The minimum atomic E-state index is 0.479. The van der Waals surface area contributed by atoms with E-state index >= 15 is 0 Å². The number of hydrogen-bond acceptors (Lipinski definition) is 2. The van der Waals surface area contributed by atoms with Gasteiger partial charge in [-0.05, 0) is 37.1 Å². The van der Waals surface area contributed by atoms with Gasteiger partial charge in [0.05, 0.1) is 0 Å². The second kappa shape index (κ2) is 5.86. The van der Waals surface area contributed by atoms with Crippen molar-refractivity contribution in [3.63, 3.8) is 0 Å². The number of anilines is 1. The van der Waals surface area contributed by atoms with Crippen molar-refractivity contribution < 1.29 is 0 Å². The van der Waals surface area contributed by atoms with Crippen LogP contribution in [0.3, 0.4) is 0 Å². The van der Waals surface area contributed by atoms with Crippen LogP contribution in [0.25, 0.3) is 0 Å². The Bertz CT molecular complexity index is 563. The van der Waals surface area contributed by atoms with Crippen molar-refractivity contribution in [1.82, 2.24) is 4.90 Å². The van der Waals surface area contributed by atoms with Crippen LogP contribution >= 0.6 is 11.6 Å². The standard InChI is InChI=1S/C17H19ClN2/c18-15-8-4-9-16(19)14(15)12-20-11-5-10-17(20)13-6-2-1-3-7-13/h1-4,6-9,17H,5,10-12,19H2. The Balaban J connectivity index is 1.83. The van der Waals surface area contributed by atoms with Crippen LogP contribution in [0.15, 0.2) is 48.5 Å². The summed E-state index contributed by atoms with van der Waals surface area (Å²) in [5.74, 6) is 0. The van der Waals surface area contributed by atoms with E-state index in [9.17, 15) is 0 Å². The molecule has 0 spiro atoms. The maximum atomic E-state index is 6.30. The predicted molar refractivity (Wildman–Crippen MR) is 84.7 cm³/mol. The van der Waals surface area contributed by atoms with Crippen LogP contribution in [-0.4, -0.2) is 11.4 Å². The average Bonchev–Trinajstić information content (AvgIpc) is 2.92. The van der Waals surface area contributed by atoms with E-state index < -0.39 is 0 Å². The second-order valence-electron chi connectivity index (χ2n) is 5.35. The molecular weight excluding hydrogens is 268 g/mol. The summed E-state index contributed by atoms with van der Waals surface area (Å²) in [5.41, 5.74) is 9.30. The minimum Gasteiger partial charge on any atom is -0.398 e. The van der Waals surface area contributed by atoms with Gasteiger partial charge in [0, 0.05) is 28.9 Å². The number of nitrogens with two attached hydrogens (primary N) is 1. The summed E-state index contributed by atoms with van der Waals surface area (Å²) in [6.07, 6.45) is 2.43. The Kier molecular flexibility index (Phi) is 3.95. The molecule has 2 aromatic carbocycles. The molecular formula is C17H19ClN2. The van der Waals surface area contributed by atoms with E-state index in [1.54, 1.807) is 0 Å². The topological polar surface area (TPSA) is 29.3 Å². The predicted octanol–water partition coefficient (Wildman–Crippen LogP) is 4.26. The van der Waals surface area contributed by atoms with Gasteiger partial charge in [-0.3, -0.25) is 4.90 Å². The molecule has 1 heterocycles. The van der Waals surface area contributed by atoms with Gasteiger partial charge in [0.25, 0.3) is 0 Å². The molecule has 3 rings (SSSR count). The van der Waals surface area contributed by atoms with Gasteiger partial charge in [0.1, 0.15) is 0 Å². The Hall–Kier alpha value is -1.51. The molecule has 2 aromatic rings. The summed E-state index contributed by atoms with van der Waals surface area (Å²) in [6, 6.07) is 16.9. The molecule has 20 heavy (non-hydrogen) atoms. The van der Waals surface area contributed by atoms with Crippen molar-refractivity contribution in [1.29, 1.82) is 0 Å². The highest BCUT2D eigenvalue weighted by Gasteiger charge is 2.26. The lowest BCUT2D eigenvalue weighted by molar-refractivity contribution is 0.249. The van der Waals surface area contributed by atoms with Gasteiger partial charge in [-0.15, -0.1) is 0 Å². The van der Waals surface area contributed by atoms with Crippen LogP contribution in [0.5, 0.6) is 0 Å². The number of likely N-dealkylation sites (tertiary alicyclic amines) is 1. The first kappa shape index (κ1) is 13.5. The molecule has 0 saturated carbocycles.